The summed E-state index contributed by atoms with van der Waals surface area (Å²) < 4.78 is 5.61. The van der Waals surface area contributed by atoms with E-state index in [1.165, 1.54) is 5.56 Å². The minimum absolute atomic E-state index is 0.0464. The van der Waals surface area contributed by atoms with Crippen molar-refractivity contribution in [3.63, 3.8) is 0 Å². The molecule has 1 amide bonds. The highest BCUT2D eigenvalue weighted by molar-refractivity contribution is 5.79. The second kappa shape index (κ2) is 7.27. The van der Waals surface area contributed by atoms with Crippen molar-refractivity contribution in [2.24, 2.45) is 0 Å². The van der Waals surface area contributed by atoms with E-state index in [9.17, 15) is 4.79 Å². The van der Waals surface area contributed by atoms with E-state index in [0.29, 0.717) is 6.42 Å². The summed E-state index contributed by atoms with van der Waals surface area (Å²) in [6, 6.07) is 12.0. The number of carbonyl (C=O) groups excluding carboxylic acids is 1. The SMILES string of the molecule is CC(Cc1ccccn1)NC(=O)Cc1ccc2c(c1)CCCO2. The summed E-state index contributed by atoms with van der Waals surface area (Å²) in [4.78, 5) is 16.5. The fourth-order valence-corrected chi connectivity index (χ4v) is 2.92. The third kappa shape index (κ3) is 4.31. The van der Waals surface area contributed by atoms with Gasteiger partial charge < -0.3 is 10.1 Å². The molecule has 120 valence electrons. The number of pyridine rings is 1. The van der Waals surface area contributed by atoms with Gasteiger partial charge >= 0.3 is 0 Å². The van der Waals surface area contributed by atoms with Crippen molar-refractivity contribution in [2.45, 2.75) is 38.6 Å². The summed E-state index contributed by atoms with van der Waals surface area (Å²) in [6.07, 6.45) is 4.99. The Morgan fingerprint density at radius 3 is 3.09 bits per heavy atom. The summed E-state index contributed by atoms with van der Waals surface area (Å²) in [7, 11) is 0. The number of aryl methyl sites for hydroxylation is 1. The van der Waals surface area contributed by atoms with Gasteiger partial charge in [0.1, 0.15) is 5.75 Å². The quantitative estimate of drug-likeness (QED) is 0.924. The van der Waals surface area contributed by atoms with E-state index in [1.54, 1.807) is 6.20 Å². The van der Waals surface area contributed by atoms with Gasteiger partial charge in [-0.15, -0.1) is 0 Å². The van der Waals surface area contributed by atoms with E-state index in [1.807, 2.05) is 37.3 Å². The zero-order chi connectivity index (χ0) is 16.1. The number of aromatic nitrogens is 1. The maximum atomic E-state index is 12.2. The van der Waals surface area contributed by atoms with E-state index in [0.717, 1.165) is 42.9 Å². The highest BCUT2D eigenvalue weighted by atomic mass is 16.5. The van der Waals surface area contributed by atoms with E-state index < -0.39 is 0 Å². The van der Waals surface area contributed by atoms with Gasteiger partial charge in [-0.2, -0.15) is 0 Å². The predicted molar refractivity (Wildman–Crippen MR) is 89.5 cm³/mol. The van der Waals surface area contributed by atoms with Crippen LogP contribution in [0.5, 0.6) is 5.75 Å². The number of fused-ring (bicyclic) bond motifs is 1. The number of amides is 1. The molecule has 0 spiro atoms. The highest BCUT2D eigenvalue weighted by Crippen LogP contribution is 2.25. The van der Waals surface area contributed by atoms with Crippen LogP contribution in [0.4, 0.5) is 0 Å². The van der Waals surface area contributed by atoms with Crippen LogP contribution in [0, 0.1) is 0 Å². The van der Waals surface area contributed by atoms with Crippen LogP contribution in [0.1, 0.15) is 30.2 Å². The summed E-state index contributed by atoms with van der Waals surface area (Å²) in [5.74, 6) is 1.01. The molecule has 4 heteroatoms. The van der Waals surface area contributed by atoms with Crippen LogP contribution in [-0.2, 0) is 24.1 Å². The van der Waals surface area contributed by atoms with Crippen LogP contribution >= 0.6 is 0 Å². The lowest BCUT2D eigenvalue weighted by molar-refractivity contribution is -0.121. The first kappa shape index (κ1) is 15.5. The van der Waals surface area contributed by atoms with Gasteiger partial charge in [0.05, 0.1) is 13.0 Å². The zero-order valence-electron chi connectivity index (χ0n) is 13.4. The van der Waals surface area contributed by atoms with Crippen molar-refractivity contribution in [2.75, 3.05) is 6.61 Å². The second-order valence-corrected chi connectivity index (χ2v) is 6.06. The summed E-state index contributed by atoms with van der Waals surface area (Å²) in [6.45, 7) is 2.80. The first-order valence-electron chi connectivity index (χ1n) is 8.14. The molecule has 1 aromatic heterocycles. The lowest BCUT2D eigenvalue weighted by Crippen LogP contribution is -2.35. The average Bonchev–Trinajstić information content (AvgIpc) is 2.55. The molecule has 1 aliphatic rings. The van der Waals surface area contributed by atoms with Crippen molar-refractivity contribution in [1.29, 1.82) is 0 Å². The molecule has 1 aromatic carbocycles. The Bertz CT molecular complexity index is 670. The number of ether oxygens (including phenoxy) is 1. The highest BCUT2D eigenvalue weighted by Gasteiger charge is 2.13. The van der Waals surface area contributed by atoms with Crippen molar-refractivity contribution < 1.29 is 9.53 Å². The van der Waals surface area contributed by atoms with Crippen molar-refractivity contribution in [3.05, 3.63) is 59.4 Å². The molecule has 1 aliphatic heterocycles. The number of benzene rings is 1. The number of carbonyl (C=O) groups is 1. The predicted octanol–water partition coefficient (Wildman–Crippen LogP) is 2.70. The Hall–Kier alpha value is -2.36. The van der Waals surface area contributed by atoms with Crippen LogP contribution in [0.2, 0.25) is 0 Å². The van der Waals surface area contributed by atoms with Crippen LogP contribution in [-0.4, -0.2) is 23.5 Å². The van der Waals surface area contributed by atoms with Gasteiger partial charge in [0.2, 0.25) is 5.91 Å². The molecular weight excluding hydrogens is 288 g/mol. The molecule has 2 heterocycles. The van der Waals surface area contributed by atoms with E-state index in [4.69, 9.17) is 4.74 Å². The lowest BCUT2D eigenvalue weighted by Gasteiger charge is -2.18. The molecule has 0 saturated heterocycles. The molecule has 3 rings (SSSR count). The van der Waals surface area contributed by atoms with E-state index in [2.05, 4.69) is 16.4 Å². The summed E-state index contributed by atoms with van der Waals surface area (Å²) in [5.41, 5.74) is 3.24. The van der Waals surface area contributed by atoms with E-state index in [-0.39, 0.29) is 11.9 Å². The molecular formula is C19H22N2O2. The monoisotopic (exact) mass is 310 g/mol. The Morgan fingerprint density at radius 1 is 1.35 bits per heavy atom. The van der Waals surface area contributed by atoms with Gasteiger partial charge in [0.25, 0.3) is 0 Å². The first-order chi connectivity index (χ1) is 11.2. The first-order valence-corrected chi connectivity index (χ1v) is 8.14. The molecule has 23 heavy (non-hydrogen) atoms. The van der Waals surface area contributed by atoms with Crippen LogP contribution in [0.25, 0.3) is 0 Å². The van der Waals surface area contributed by atoms with Gasteiger partial charge in [0, 0.05) is 24.4 Å². The van der Waals surface area contributed by atoms with Gasteiger partial charge in [-0.3, -0.25) is 9.78 Å². The minimum Gasteiger partial charge on any atom is -0.493 e. The maximum absolute atomic E-state index is 12.2. The summed E-state index contributed by atoms with van der Waals surface area (Å²) >= 11 is 0. The number of nitrogens with one attached hydrogen (secondary N) is 1. The second-order valence-electron chi connectivity index (χ2n) is 6.06. The molecule has 1 unspecified atom stereocenters. The Kier molecular flexibility index (Phi) is 4.91. The standard InChI is InChI=1S/C19H22N2O2/c1-14(11-17-6-2-3-9-20-17)21-19(22)13-15-7-8-18-16(12-15)5-4-10-23-18/h2-3,6-9,12,14H,4-5,10-11,13H2,1H3,(H,21,22). The topological polar surface area (TPSA) is 51.2 Å². The van der Waals surface area contributed by atoms with Gasteiger partial charge in [-0.05, 0) is 49.1 Å². The van der Waals surface area contributed by atoms with Crippen molar-refractivity contribution in [3.8, 4) is 5.75 Å². The third-order valence-electron chi connectivity index (χ3n) is 3.99. The molecule has 2 aromatic rings. The van der Waals surface area contributed by atoms with Crippen LogP contribution < -0.4 is 10.1 Å². The fourth-order valence-electron chi connectivity index (χ4n) is 2.92. The largest absolute Gasteiger partial charge is 0.493 e. The fraction of sp³-hybridized carbons (Fsp3) is 0.368. The smallest absolute Gasteiger partial charge is 0.224 e. The average molecular weight is 310 g/mol. The Balaban J connectivity index is 1.54. The molecule has 0 saturated carbocycles. The molecule has 1 atom stereocenters. The molecule has 0 bridgehead atoms. The number of rotatable bonds is 5. The maximum Gasteiger partial charge on any atom is 0.224 e. The van der Waals surface area contributed by atoms with Crippen molar-refractivity contribution >= 4 is 5.91 Å². The molecule has 0 aliphatic carbocycles. The van der Waals surface area contributed by atoms with Crippen LogP contribution in [0.3, 0.4) is 0 Å². The van der Waals surface area contributed by atoms with E-state index >= 15 is 0 Å². The zero-order valence-corrected chi connectivity index (χ0v) is 13.4. The number of nitrogens with zero attached hydrogens (tertiary/aromatic N) is 1. The van der Waals surface area contributed by atoms with Gasteiger partial charge in [-0.25, -0.2) is 0 Å². The van der Waals surface area contributed by atoms with Gasteiger partial charge in [0.15, 0.2) is 0 Å². The molecule has 0 radical (unpaired) electrons. The molecule has 0 fully saturated rings. The molecule has 1 N–H and O–H groups in total. The summed E-state index contributed by atoms with van der Waals surface area (Å²) in [5, 5.41) is 3.05. The molecule has 4 nitrogen and oxygen atoms in total. The van der Waals surface area contributed by atoms with Gasteiger partial charge in [-0.1, -0.05) is 18.2 Å². The lowest BCUT2D eigenvalue weighted by atomic mass is 10.0. The Morgan fingerprint density at radius 2 is 2.26 bits per heavy atom. The van der Waals surface area contributed by atoms with Crippen LogP contribution in [0.15, 0.2) is 42.6 Å². The normalized spacial score (nSPS) is 14.5. The minimum atomic E-state index is 0.0464. The van der Waals surface area contributed by atoms with Crippen molar-refractivity contribution in [1.82, 2.24) is 10.3 Å². The number of hydrogen-bond donors (Lipinski definition) is 1. The third-order valence-corrected chi connectivity index (χ3v) is 3.99. The Labute approximate surface area is 136 Å². The number of hydrogen-bond acceptors (Lipinski definition) is 3.